The van der Waals surface area contributed by atoms with Crippen LogP contribution >= 0.6 is 0 Å². The number of carbonyl (C=O) groups excluding carboxylic acids is 1. The van der Waals surface area contributed by atoms with Gasteiger partial charge in [-0.05, 0) is 74.0 Å². The van der Waals surface area contributed by atoms with Gasteiger partial charge in [-0.1, -0.05) is 25.7 Å². The lowest BCUT2D eigenvalue weighted by Crippen LogP contribution is -2.46. The summed E-state index contributed by atoms with van der Waals surface area (Å²) in [5.41, 5.74) is 2.33. The van der Waals surface area contributed by atoms with E-state index in [4.69, 9.17) is 9.47 Å². The van der Waals surface area contributed by atoms with Crippen LogP contribution in [0.15, 0.2) is 48.6 Å². The largest absolute Gasteiger partial charge is 0.514 e. The number of rotatable bonds is 3. The third kappa shape index (κ3) is 3.45. The predicted molar refractivity (Wildman–Crippen MR) is 109 cm³/mol. The first-order chi connectivity index (χ1) is 13.8. The van der Waals surface area contributed by atoms with Gasteiger partial charge in [-0.15, -0.1) is 0 Å². The fraction of sp³-hybridized carbons (Fsp3) is 0.522. The number of carbonyl (C=O) groups is 1. The van der Waals surface area contributed by atoms with Crippen LogP contribution in [0.2, 0.25) is 0 Å². The van der Waals surface area contributed by atoms with Crippen LogP contribution in [0.5, 0.6) is 5.75 Å². The molecule has 1 aromatic carbocycles. The van der Waals surface area contributed by atoms with Crippen LogP contribution in [0, 0.1) is 33.3 Å². The highest BCUT2D eigenvalue weighted by Crippen LogP contribution is 2.61. The van der Waals surface area contributed by atoms with E-state index in [9.17, 15) is 14.9 Å². The van der Waals surface area contributed by atoms with Gasteiger partial charge in [0.1, 0.15) is 11.9 Å². The number of ether oxygens (including phenoxy) is 2. The van der Waals surface area contributed by atoms with Crippen molar-refractivity contribution in [1.29, 1.82) is 0 Å². The number of allylic oxidation sites excluding steroid dienone is 2. The number of nitrogens with zero attached hydrogens (tertiary/aromatic N) is 1. The van der Waals surface area contributed by atoms with Crippen molar-refractivity contribution >= 4 is 11.8 Å². The van der Waals surface area contributed by atoms with Gasteiger partial charge < -0.3 is 9.47 Å². The molecule has 6 heteroatoms. The lowest BCUT2D eigenvalue weighted by atomic mass is 9.55. The smallest absolute Gasteiger partial charge is 0.430 e. The molecule has 5 unspecified atom stereocenters. The number of benzene rings is 1. The molecule has 0 spiro atoms. The summed E-state index contributed by atoms with van der Waals surface area (Å²) in [5, 5.41) is 10.7. The molecule has 0 aromatic heterocycles. The van der Waals surface area contributed by atoms with Crippen molar-refractivity contribution in [3.63, 3.8) is 0 Å². The summed E-state index contributed by atoms with van der Waals surface area (Å²) in [6.45, 7) is 10.7. The molecule has 29 heavy (non-hydrogen) atoms. The molecule has 0 heterocycles. The number of non-ortho nitro benzene ring substituents is 1. The average molecular weight is 397 g/mol. The lowest BCUT2D eigenvalue weighted by molar-refractivity contribution is -0.384. The SMILES string of the molecule is C=C1CCC2C(CCC3(C)C(OC(=O)Oc4ccc([N+](=O)[O-])cc4)CCC23)C1=C. The van der Waals surface area contributed by atoms with E-state index in [0.717, 1.165) is 38.5 Å². The Morgan fingerprint density at radius 1 is 1.17 bits per heavy atom. The Morgan fingerprint density at radius 2 is 1.90 bits per heavy atom. The maximum Gasteiger partial charge on any atom is 0.514 e. The van der Waals surface area contributed by atoms with E-state index in [1.165, 1.54) is 35.4 Å². The highest BCUT2D eigenvalue weighted by molar-refractivity contribution is 5.64. The van der Waals surface area contributed by atoms with Gasteiger partial charge in [0.2, 0.25) is 0 Å². The normalized spacial score (nSPS) is 33.6. The molecule has 3 aliphatic rings. The van der Waals surface area contributed by atoms with Crippen molar-refractivity contribution in [2.75, 3.05) is 0 Å². The van der Waals surface area contributed by atoms with E-state index in [1.54, 1.807) is 0 Å². The Hall–Kier alpha value is -2.63. The molecule has 0 N–H and O–H groups in total. The molecule has 0 amide bonds. The molecule has 0 radical (unpaired) electrons. The van der Waals surface area contributed by atoms with Gasteiger partial charge >= 0.3 is 6.16 Å². The predicted octanol–water partition coefficient (Wildman–Crippen LogP) is 5.83. The van der Waals surface area contributed by atoms with Crippen LogP contribution in [0.3, 0.4) is 0 Å². The molecule has 3 aliphatic carbocycles. The highest BCUT2D eigenvalue weighted by Gasteiger charge is 2.56. The number of nitro benzene ring substituents is 1. The minimum absolute atomic E-state index is 0.0470. The summed E-state index contributed by atoms with van der Waals surface area (Å²) in [7, 11) is 0. The van der Waals surface area contributed by atoms with Gasteiger partial charge in [0.15, 0.2) is 0 Å². The van der Waals surface area contributed by atoms with Crippen LogP contribution in [0.25, 0.3) is 0 Å². The van der Waals surface area contributed by atoms with Gasteiger partial charge in [0, 0.05) is 17.5 Å². The molecular formula is C23H27NO5. The van der Waals surface area contributed by atoms with Crippen LogP contribution < -0.4 is 4.74 Å². The summed E-state index contributed by atoms with van der Waals surface area (Å²) in [4.78, 5) is 22.6. The third-order valence-corrected chi connectivity index (χ3v) is 7.52. The molecule has 6 nitrogen and oxygen atoms in total. The van der Waals surface area contributed by atoms with Gasteiger partial charge in [-0.25, -0.2) is 4.79 Å². The van der Waals surface area contributed by atoms with Gasteiger partial charge in [-0.3, -0.25) is 10.1 Å². The molecular weight excluding hydrogens is 370 g/mol. The van der Waals surface area contributed by atoms with Crippen molar-refractivity contribution in [2.45, 2.75) is 51.6 Å². The Bertz CT molecular complexity index is 861. The van der Waals surface area contributed by atoms with Crippen molar-refractivity contribution in [3.05, 3.63) is 58.7 Å². The fourth-order valence-corrected chi connectivity index (χ4v) is 5.90. The fourth-order valence-electron chi connectivity index (χ4n) is 5.90. The van der Waals surface area contributed by atoms with Crippen LogP contribution in [-0.4, -0.2) is 17.2 Å². The van der Waals surface area contributed by atoms with Crippen molar-refractivity contribution in [1.82, 2.24) is 0 Å². The van der Waals surface area contributed by atoms with Gasteiger partial charge in [0.05, 0.1) is 4.92 Å². The topological polar surface area (TPSA) is 78.7 Å². The van der Waals surface area contributed by atoms with E-state index in [0.29, 0.717) is 17.8 Å². The molecule has 3 fully saturated rings. The summed E-state index contributed by atoms with van der Waals surface area (Å²) in [6.07, 6.45) is 5.20. The second-order valence-electron chi connectivity index (χ2n) is 8.88. The summed E-state index contributed by atoms with van der Waals surface area (Å²) < 4.78 is 11.0. The third-order valence-electron chi connectivity index (χ3n) is 7.52. The molecule has 3 saturated carbocycles. The Balaban J connectivity index is 1.41. The maximum atomic E-state index is 12.4. The zero-order valence-corrected chi connectivity index (χ0v) is 16.8. The summed E-state index contributed by atoms with van der Waals surface area (Å²) in [5.74, 6) is 1.86. The molecule has 154 valence electrons. The standard InChI is InChI=1S/C23H27NO5/c1-14-4-9-19-18(15(14)2)12-13-23(3)20(19)10-11-21(23)29-22(25)28-17-7-5-16(6-8-17)24(26)27/h5-8,18-21H,1-2,4,9-13H2,3H3. The minimum atomic E-state index is -0.741. The quantitative estimate of drug-likeness (QED) is 0.278. The number of nitro groups is 1. The average Bonchev–Trinajstić information content (AvgIpc) is 3.01. The summed E-state index contributed by atoms with van der Waals surface area (Å²) >= 11 is 0. The Labute approximate surface area is 170 Å². The lowest BCUT2D eigenvalue weighted by Gasteiger charge is -2.50. The van der Waals surface area contributed by atoms with E-state index in [1.807, 2.05) is 0 Å². The van der Waals surface area contributed by atoms with E-state index < -0.39 is 11.1 Å². The zero-order valence-electron chi connectivity index (χ0n) is 16.8. The van der Waals surface area contributed by atoms with Crippen molar-refractivity contribution in [2.24, 2.45) is 23.2 Å². The van der Waals surface area contributed by atoms with Gasteiger partial charge in [0.25, 0.3) is 5.69 Å². The first-order valence-electron chi connectivity index (χ1n) is 10.3. The molecule has 0 bridgehead atoms. The maximum absolute atomic E-state index is 12.4. The second-order valence-corrected chi connectivity index (χ2v) is 8.88. The minimum Gasteiger partial charge on any atom is -0.430 e. The van der Waals surface area contributed by atoms with Crippen LogP contribution in [-0.2, 0) is 4.74 Å². The monoisotopic (exact) mass is 397 g/mol. The van der Waals surface area contributed by atoms with E-state index in [2.05, 4.69) is 20.1 Å². The highest BCUT2D eigenvalue weighted by atomic mass is 16.7. The van der Waals surface area contributed by atoms with Crippen molar-refractivity contribution < 1.29 is 19.2 Å². The molecule has 4 rings (SSSR count). The van der Waals surface area contributed by atoms with Gasteiger partial charge in [-0.2, -0.15) is 0 Å². The number of hydrogen-bond acceptors (Lipinski definition) is 5. The molecule has 0 aliphatic heterocycles. The first-order valence-corrected chi connectivity index (χ1v) is 10.3. The first kappa shape index (κ1) is 19.7. The van der Waals surface area contributed by atoms with E-state index in [-0.39, 0.29) is 23.0 Å². The number of fused-ring (bicyclic) bond motifs is 3. The van der Waals surface area contributed by atoms with Crippen LogP contribution in [0.4, 0.5) is 10.5 Å². The Morgan fingerprint density at radius 3 is 2.59 bits per heavy atom. The molecule has 0 saturated heterocycles. The van der Waals surface area contributed by atoms with E-state index >= 15 is 0 Å². The second kappa shape index (κ2) is 7.32. The molecule has 5 atom stereocenters. The van der Waals surface area contributed by atoms with Crippen LogP contribution in [0.1, 0.15) is 45.4 Å². The number of hydrogen-bond donors (Lipinski definition) is 0. The Kier molecular flexibility index (Phi) is 4.97. The molecule has 1 aromatic rings. The summed E-state index contributed by atoms with van der Waals surface area (Å²) in [6, 6.07) is 5.43. The van der Waals surface area contributed by atoms with Crippen molar-refractivity contribution in [3.8, 4) is 5.75 Å². The zero-order chi connectivity index (χ0) is 20.8.